The summed E-state index contributed by atoms with van der Waals surface area (Å²) in [7, 11) is -2.47. The minimum atomic E-state index is -2.47. The van der Waals surface area contributed by atoms with E-state index < -0.39 is 7.26 Å². The molecule has 0 nitrogen and oxygen atoms in total. The molecule has 0 aliphatic heterocycles. The molecule has 0 saturated heterocycles. The van der Waals surface area contributed by atoms with Crippen molar-refractivity contribution < 1.29 is 0 Å². The Hall–Kier alpha value is -2.65. The molecule has 28 heavy (non-hydrogen) atoms. The second-order valence-electron chi connectivity index (χ2n) is 6.46. The van der Waals surface area contributed by atoms with Gasteiger partial charge in [-0.2, -0.15) is 0 Å². The first-order chi connectivity index (χ1) is 13.4. The Morgan fingerprint density at radius 3 is 1.11 bits per heavy atom. The summed E-state index contributed by atoms with van der Waals surface area (Å²) in [6, 6.07) is 42.6. The van der Waals surface area contributed by atoms with Gasteiger partial charge in [-0.1, -0.05) is 0 Å². The number of hydrogen-bond acceptors (Lipinski definition) is 0. The van der Waals surface area contributed by atoms with Crippen molar-refractivity contribution in [3.63, 3.8) is 0 Å². The van der Waals surface area contributed by atoms with Crippen LogP contribution in [0.25, 0.3) is 0 Å². The predicted molar refractivity (Wildman–Crippen MR) is 130 cm³/mol. The summed E-state index contributed by atoms with van der Waals surface area (Å²) in [6.45, 7) is 0. The van der Waals surface area contributed by atoms with Crippen molar-refractivity contribution in [1.29, 1.82) is 0 Å². The van der Waals surface area contributed by atoms with Crippen LogP contribution in [0.2, 0.25) is 0 Å². The molecule has 0 bridgehead atoms. The van der Waals surface area contributed by atoms with Crippen molar-refractivity contribution in [2.45, 2.75) is 0 Å². The molecule has 2 heteroatoms. The Kier molecular flexibility index (Phi) is 6.83. The van der Waals surface area contributed by atoms with E-state index in [1.807, 2.05) is 18.2 Å². The molecule has 0 N–H and O–H groups in total. The summed E-state index contributed by atoms with van der Waals surface area (Å²) in [5.41, 5.74) is 4.84. The average Bonchev–Trinajstić information content (AvgIpc) is 2.77. The van der Waals surface area contributed by atoms with E-state index in [4.69, 9.17) is 0 Å². The fourth-order valence-electron chi connectivity index (χ4n) is 3.47. The zero-order valence-corrected chi connectivity index (χ0v) is 18.2. The van der Waals surface area contributed by atoms with Crippen LogP contribution in [0.4, 0.5) is 0 Å². The summed E-state index contributed by atoms with van der Waals surface area (Å²) in [6.07, 6.45) is 0. The molecule has 0 atom stereocenters. The van der Waals surface area contributed by atoms with Gasteiger partial charge in [0.2, 0.25) is 0 Å². The van der Waals surface area contributed by atoms with Gasteiger partial charge in [-0.25, -0.2) is 0 Å². The van der Waals surface area contributed by atoms with Crippen LogP contribution < -0.4 is 15.9 Å². The van der Waals surface area contributed by atoms with Gasteiger partial charge in [0, 0.05) is 0 Å². The molecule has 0 fully saturated rings. The van der Waals surface area contributed by atoms with Crippen molar-refractivity contribution >= 4 is 40.2 Å². The molecule has 4 aromatic carbocycles. The monoisotopic (exact) mass is 444 g/mol. The maximum absolute atomic E-state index is 3.79. The van der Waals surface area contributed by atoms with E-state index in [0.29, 0.717) is 0 Å². The SMILES string of the molecule is Br.C(#C[PH](c1ccccc1)(c1ccccc1)c1ccccc1)c1ccccc1. The minimum absolute atomic E-state index is 0. The Labute approximate surface area is 178 Å². The van der Waals surface area contributed by atoms with Crippen LogP contribution in [0.5, 0.6) is 0 Å². The normalized spacial score (nSPS) is 10.9. The summed E-state index contributed by atoms with van der Waals surface area (Å²) < 4.78 is 0. The second-order valence-corrected chi connectivity index (χ2v) is 9.95. The molecular formula is C26H22BrP. The molecule has 0 aliphatic carbocycles. The van der Waals surface area contributed by atoms with Crippen LogP contribution in [-0.2, 0) is 0 Å². The third-order valence-corrected chi connectivity index (χ3v) is 8.89. The van der Waals surface area contributed by atoms with Gasteiger partial charge < -0.3 is 0 Å². The van der Waals surface area contributed by atoms with Crippen molar-refractivity contribution in [2.75, 3.05) is 0 Å². The molecule has 0 spiro atoms. The quantitative estimate of drug-likeness (QED) is 0.297. The van der Waals surface area contributed by atoms with E-state index in [-0.39, 0.29) is 17.0 Å². The summed E-state index contributed by atoms with van der Waals surface area (Å²) in [4.78, 5) is 0. The van der Waals surface area contributed by atoms with Crippen LogP contribution in [0.1, 0.15) is 5.56 Å². The summed E-state index contributed by atoms with van der Waals surface area (Å²) in [5, 5.41) is 3.93. The van der Waals surface area contributed by atoms with Gasteiger partial charge in [0.25, 0.3) is 0 Å². The number of halogens is 1. The van der Waals surface area contributed by atoms with Gasteiger partial charge in [-0.05, 0) is 0 Å². The van der Waals surface area contributed by atoms with Gasteiger partial charge in [0.1, 0.15) is 0 Å². The van der Waals surface area contributed by atoms with Gasteiger partial charge in [-0.15, -0.1) is 17.0 Å². The second kappa shape index (κ2) is 9.52. The fourth-order valence-corrected chi connectivity index (χ4v) is 7.31. The predicted octanol–water partition coefficient (Wildman–Crippen LogP) is 5.30. The van der Waals surface area contributed by atoms with Crippen LogP contribution in [0, 0.1) is 11.6 Å². The van der Waals surface area contributed by atoms with Crippen molar-refractivity contribution in [1.82, 2.24) is 0 Å². The van der Waals surface area contributed by atoms with Crippen LogP contribution in [0.15, 0.2) is 121 Å². The molecule has 0 aromatic heterocycles. The Balaban J connectivity index is 0.00000225. The van der Waals surface area contributed by atoms with Crippen molar-refractivity contribution in [3.8, 4) is 11.6 Å². The third kappa shape index (κ3) is 4.10. The zero-order chi connectivity index (χ0) is 18.4. The standard InChI is InChI=1S/C26H21P.BrH/c1-5-13-23(14-6-1)21-22-27(24-15-7-2-8-16-24,25-17-9-3-10-18-25)26-19-11-4-12-20-26;/h1-20,27H;1H. The maximum atomic E-state index is 3.79. The topological polar surface area (TPSA) is 0 Å². The first-order valence-corrected chi connectivity index (χ1v) is 11.1. The van der Waals surface area contributed by atoms with Crippen molar-refractivity contribution in [3.05, 3.63) is 127 Å². The molecule has 0 unspecified atom stereocenters. The van der Waals surface area contributed by atoms with Gasteiger partial charge >= 0.3 is 162 Å². The fraction of sp³-hybridized carbons (Fsp3) is 0. The molecule has 0 radical (unpaired) electrons. The van der Waals surface area contributed by atoms with Gasteiger partial charge in [0.15, 0.2) is 0 Å². The molecule has 138 valence electrons. The van der Waals surface area contributed by atoms with Gasteiger partial charge in [-0.3, -0.25) is 0 Å². The number of hydrogen-bond donors (Lipinski definition) is 0. The van der Waals surface area contributed by atoms with E-state index >= 15 is 0 Å². The van der Waals surface area contributed by atoms with Crippen LogP contribution in [-0.4, -0.2) is 0 Å². The van der Waals surface area contributed by atoms with E-state index in [9.17, 15) is 0 Å². The van der Waals surface area contributed by atoms with Crippen LogP contribution in [0.3, 0.4) is 0 Å². The zero-order valence-electron chi connectivity index (χ0n) is 15.5. The summed E-state index contributed by atoms with van der Waals surface area (Å²) >= 11 is 0. The Morgan fingerprint density at radius 2 is 0.750 bits per heavy atom. The van der Waals surface area contributed by atoms with E-state index in [2.05, 4.69) is 115 Å². The number of benzene rings is 4. The molecule has 4 rings (SSSR count). The Bertz CT molecular complexity index is 954. The molecule has 0 amide bonds. The first-order valence-electron chi connectivity index (χ1n) is 9.14. The molecule has 0 heterocycles. The molecule has 0 aliphatic rings. The number of rotatable bonds is 3. The Morgan fingerprint density at radius 1 is 0.429 bits per heavy atom. The molecular weight excluding hydrogens is 423 g/mol. The van der Waals surface area contributed by atoms with E-state index in [1.54, 1.807) is 0 Å². The van der Waals surface area contributed by atoms with Crippen molar-refractivity contribution in [2.24, 2.45) is 0 Å². The summed E-state index contributed by atoms with van der Waals surface area (Å²) in [5.74, 6) is 3.49. The molecule has 0 saturated carbocycles. The average molecular weight is 445 g/mol. The van der Waals surface area contributed by atoms with E-state index in [0.717, 1.165) is 5.56 Å². The third-order valence-electron chi connectivity index (χ3n) is 4.79. The first kappa shape index (κ1) is 20.1. The van der Waals surface area contributed by atoms with Crippen LogP contribution >= 0.6 is 24.2 Å². The molecule has 4 aromatic rings. The van der Waals surface area contributed by atoms with E-state index in [1.165, 1.54) is 15.9 Å². The van der Waals surface area contributed by atoms with Gasteiger partial charge in [0.05, 0.1) is 0 Å².